The molecule has 0 aliphatic carbocycles. The maximum atomic E-state index is 12.7. The monoisotopic (exact) mass is 327 g/mol. The molecule has 0 bridgehead atoms. The van der Waals surface area contributed by atoms with Crippen LogP contribution in [0.4, 0.5) is 13.2 Å². The molecule has 104 valence electrons. The van der Waals surface area contributed by atoms with E-state index in [1.54, 1.807) is 11.4 Å². The third-order valence-electron chi connectivity index (χ3n) is 2.51. The normalized spacial score (nSPS) is 12.9. The van der Waals surface area contributed by atoms with Gasteiger partial charge in [0.25, 0.3) is 0 Å². The zero-order chi connectivity index (χ0) is 13.3. The number of nitrogens with two attached hydrogens (primary N) is 1. The zero-order valence-electron chi connectivity index (χ0n) is 9.45. The van der Waals surface area contributed by atoms with Crippen molar-refractivity contribution in [3.05, 3.63) is 56.7 Å². The van der Waals surface area contributed by atoms with E-state index in [4.69, 9.17) is 17.3 Å². The SMILES string of the molecule is Cl.N[C@H](c1ccsc1)c1cc(Cl)cc(C(F)(F)F)c1. The van der Waals surface area contributed by atoms with Gasteiger partial charge in [0, 0.05) is 5.02 Å². The van der Waals surface area contributed by atoms with Crippen molar-refractivity contribution in [1.82, 2.24) is 0 Å². The largest absolute Gasteiger partial charge is 0.416 e. The number of thiophene rings is 1. The molecule has 1 nitrogen and oxygen atoms in total. The highest BCUT2D eigenvalue weighted by molar-refractivity contribution is 7.08. The molecule has 1 atom stereocenters. The van der Waals surface area contributed by atoms with E-state index in [2.05, 4.69) is 0 Å². The van der Waals surface area contributed by atoms with Gasteiger partial charge < -0.3 is 5.73 Å². The average Bonchev–Trinajstić information content (AvgIpc) is 2.79. The fourth-order valence-corrected chi connectivity index (χ4v) is 2.54. The van der Waals surface area contributed by atoms with E-state index in [9.17, 15) is 13.2 Å². The van der Waals surface area contributed by atoms with Gasteiger partial charge >= 0.3 is 6.18 Å². The van der Waals surface area contributed by atoms with E-state index < -0.39 is 17.8 Å². The van der Waals surface area contributed by atoms with Crippen LogP contribution in [0.2, 0.25) is 5.02 Å². The van der Waals surface area contributed by atoms with Gasteiger partial charge in [-0.25, -0.2) is 0 Å². The van der Waals surface area contributed by atoms with Gasteiger partial charge in [0.1, 0.15) is 0 Å². The summed E-state index contributed by atoms with van der Waals surface area (Å²) < 4.78 is 38.0. The second-order valence-corrected chi connectivity index (χ2v) is 5.02. The Morgan fingerprint density at radius 2 is 1.84 bits per heavy atom. The minimum absolute atomic E-state index is 0. The summed E-state index contributed by atoms with van der Waals surface area (Å²) in [5.74, 6) is 0. The highest BCUT2D eigenvalue weighted by atomic mass is 35.5. The van der Waals surface area contributed by atoms with Crippen molar-refractivity contribution in [1.29, 1.82) is 0 Å². The van der Waals surface area contributed by atoms with E-state index in [0.29, 0.717) is 5.56 Å². The predicted octanol–water partition coefficient (Wildman–Crippen LogP) is 4.89. The Labute approximate surface area is 123 Å². The highest BCUT2D eigenvalue weighted by Crippen LogP contribution is 2.34. The molecule has 0 aliphatic heterocycles. The van der Waals surface area contributed by atoms with E-state index in [1.807, 2.05) is 5.38 Å². The van der Waals surface area contributed by atoms with Gasteiger partial charge in [-0.05, 0) is 46.2 Å². The van der Waals surface area contributed by atoms with Crippen LogP contribution in [0.25, 0.3) is 0 Å². The lowest BCUT2D eigenvalue weighted by Crippen LogP contribution is -2.13. The lowest BCUT2D eigenvalue weighted by molar-refractivity contribution is -0.137. The summed E-state index contributed by atoms with van der Waals surface area (Å²) in [6, 6.07) is 4.57. The van der Waals surface area contributed by atoms with Crippen LogP contribution in [0, 0.1) is 0 Å². The van der Waals surface area contributed by atoms with Crippen LogP contribution < -0.4 is 5.73 Å². The summed E-state index contributed by atoms with van der Waals surface area (Å²) in [5.41, 5.74) is 6.27. The lowest BCUT2D eigenvalue weighted by atomic mass is 10.00. The number of halogens is 5. The predicted molar refractivity (Wildman–Crippen MR) is 74.1 cm³/mol. The first-order valence-electron chi connectivity index (χ1n) is 5.03. The quantitative estimate of drug-likeness (QED) is 0.834. The van der Waals surface area contributed by atoms with Crippen LogP contribution in [0.3, 0.4) is 0 Å². The molecular weight excluding hydrogens is 318 g/mol. The molecule has 0 unspecified atom stereocenters. The maximum absolute atomic E-state index is 12.7. The van der Waals surface area contributed by atoms with Crippen molar-refractivity contribution in [2.24, 2.45) is 5.73 Å². The summed E-state index contributed by atoms with van der Waals surface area (Å²) in [6.07, 6.45) is -4.42. The van der Waals surface area contributed by atoms with E-state index in [-0.39, 0.29) is 17.4 Å². The van der Waals surface area contributed by atoms with Gasteiger partial charge in [-0.3, -0.25) is 0 Å². The Kier molecular flexibility index (Phi) is 5.26. The Morgan fingerprint density at radius 1 is 1.16 bits per heavy atom. The molecule has 2 N–H and O–H groups in total. The Balaban J connectivity index is 0.00000180. The second kappa shape index (κ2) is 6.13. The lowest BCUT2D eigenvalue weighted by Gasteiger charge is -2.14. The van der Waals surface area contributed by atoms with Crippen molar-refractivity contribution in [2.45, 2.75) is 12.2 Å². The molecule has 2 aromatic rings. The standard InChI is InChI=1S/C12H9ClF3NS.ClH/c13-10-4-8(3-9(5-10)12(14,15)16)11(17)7-1-2-18-6-7;/h1-6,11H,17H2;1H/t11-;/m1./s1. The molecule has 0 aliphatic rings. The molecule has 1 aromatic heterocycles. The summed E-state index contributed by atoms with van der Waals surface area (Å²) in [5, 5.41) is 3.66. The number of hydrogen-bond acceptors (Lipinski definition) is 2. The van der Waals surface area contributed by atoms with Crippen LogP contribution in [0.1, 0.15) is 22.7 Å². The number of benzene rings is 1. The van der Waals surface area contributed by atoms with E-state index in [1.165, 1.54) is 17.4 Å². The Bertz CT molecular complexity index is 540. The molecular formula is C12H10Cl2F3NS. The van der Waals surface area contributed by atoms with Crippen molar-refractivity contribution >= 4 is 35.3 Å². The van der Waals surface area contributed by atoms with Gasteiger partial charge in [0.05, 0.1) is 11.6 Å². The van der Waals surface area contributed by atoms with Crippen molar-refractivity contribution in [2.75, 3.05) is 0 Å². The van der Waals surface area contributed by atoms with Gasteiger partial charge in [-0.2, -0.15) is 24.5 Å². The van der Waals surface area contributed by atoms with Gasteiger partial charge in [-0.1, -0.05) is 11.6 Å². The molecule has 0 amide bonds. The number of hydrogen-bond donors (Lipinski definition) is 1. The van der Waals surface area contributed by atoms with Crippen molar-refractivity contribution < 1.29 is 13.2 Å². The van der Waals surface area contributed by atoms with Crippen LogP contribution in [0.5, 0.6) is 0 Å². The first-order chi connectivity index (χ1) is 8.38. The molecule has 7 heteroatoms. The Morgan fingerprint density at radius 3 is 2.37 bits per heavy atom. The first-order valence-corrected chi connectivity index (χ1v) is 6.35. The fraction of sp³-hybridized carbons (Fsp3) is 0.167. The molecule has 1 aromatic carbocycles. The van der Waals surface area contributed by atoms with Crippen LogP contribution in [0.15, 0.2) is 35.0 Å². The molecule has 2 rings (SSSR count). The van der Waals surface area contributed by atoms with Crippen molar-refractivity contribution in [3.8, 4) is 0 Å². The third kappa shape index (κ3) is 3.86. The van der Waals surface area contributed by atoms with Crippen LogP contribution >= 0.6 is 35.3 Å². The average molecular weight is 328 g/mol. The smallest absolute Gasteiger partial charge is 0.320 e. The van der Waals surface area contributed by atoms with Crippen LogP contribution in [-0.2, 0) is 6.18 Å². The number of alkyl halides is 3. The summed E-state index contributed by atoms with van der Waals surface area (Å²) in [6.45, 7) is 0. The second-order valence-electron chi connectivity index (χ2n) is 3.81. The van der Waals surface area contributed by atoms with E-state index in [0.717, 1.165) is 17.7 Å². The minimum atomic E-state index is -4.42. The topological polar surface area (TPSA) is 26.0 Å². The van der Waals surface area contributed by atoms with Crippen molar-refractivity contribution in [3.63, 3.8) is 0 Å². The number of rotatable bonds is 2. The van der Waals surface area contributed by atoms with Gasteiger partial charge in [-0.15, -0.1) is 12.4 Å². The summed E-state index contributed by atoms with van der Waals surface area (Å²) in [7, 11) is 0. The molecule has 0 saturated carbocycles. The third-order valence-corrected chi connectivity index (χ3v) is 3.43. The first kappa shape index (κ1) is 16.3. The molecule has 0 radical (unpaired) electrons. The Hall–Kier alpha value is -0.750. The molecule has 0 saturated heterocycles. The van der Waals surface area contributed by atoms with Gasteiger partial charge in [0.15, 0.2) is 0 Å². The molecule has 19 heavy (non-hydrogen) atoms. The molecule has 0 fully saturated rings. The minimum Gasteiger partial charge on any atom is -0.320 e. The maximum Gasteiger partial charge on any atom is 0.416 e. The van der Waals surface area contributed by atoms with Crippen LogP contribution in [-0.4, -0.2) is 0 Å². The van der Waals surface area contributed by atoms with E-state index >= 15 is 0 Å². The fourth-order valence-electron chi connectivity index (χ4n) is 1.60. The highest BCUT2D eigenvalue weighted by Gasteiger charge is 2.31. The summed E-state index contributed by atoms with van der Waals surface area (Å²) >= 11 is 7.15. The molecule has 1 heterocycles. The summed E-state index contributed by atoms with van der Waals surface area (Å²) in [4.78, 5) is 0. The zero-order valence-corrected chi connectivity index (χ0v) is 11.8. The van der Waals surface area contributed by atoms with Gasteiger partial charge in [0.2, 0.25) is 0 Å². The molecule has 0 spiro atoms.